The monoisotopic (exact) mass is 815 g/mol. The summed E-state index contributed by atoms with van der Waals surface area (Å²) in [5.41, 5.74) is 4.52. The Morgan fingerprint density at radius 2 is 1.56 bits per heavy atom. The van der Waals surface area contributed by atoms with Crippen LogP contribution in [0.1, 0.15) is 88.9 Å². The van der Waals surface area contributed by atoms with E-state index in [1.807, 2.05) is 77.1 Å². The minimum Gasteiger partial charge on any atom is -0.453 e. The zero-order valence-electron chi connectivity index (χ0n) is 34.9. The second kappa shape index (κ2) is 18.5. The summed E-state index contributed by atoms with van der Waals surface area (Å²) in [6.07, 6.45) is 10.7. The molecular weight excluding hydrogens is 759 g/mol. The van der Waals surface area contributed by atoms with E-state index in [2.05, 4.69) is 20.6 Å². The molecule has 2 aromatic heterocycles. The van der Waals surface area contributed by atoms with Gasteiger partial charge in [0.05, 0.1) is 69.8 Å². The van der Waals surface area contributed by atoms with Gasteiger partial charge in [-0.25, -0.2) is 24.2 Å². The highest BCUT2D eigenvalue weighted by Crippen LogP contribution is 2.43. The maximum Gasteiger partial charge on any atom is 0.407 e. The Kier molecular flexibility index (Phi) is 13.5. The lowest BCUT2D eigenvalue weighted by Crippen LogP contribution is -2.52. The van der Waals surface area contributed by atoms with Crippen LogP contribution in [0, 0.1) is 11.8 Å². The van der Waals surface area contributed by atoms with Gasteiger partial charge in [0, 0.05) is 19.4 Å². The maximum atomic E-state index is 14.0. The predicted molar refractivity (Wildman–Crippen MR) is 219 cm³/mol. The molecule has 1 aromatic carbocycles. The van der Waals surface area contributed by atoms with E-state index in [9.17, 15) is 19.2 Å². The van der Waals surface area contributed by atoms with E-state index in [1.165, 1.54) is 14.2 Å². The van der Waals surface area contributed by atoms with E-state index in [0.717, 1.165) is 40.9 Å². The molecule has 5 N–H and O–H groups in total. The summed E-state index contributed by atoms with van der Waals surface area (Å²) >= 11 is 0. The van der Waals surface area contributed by atoms with Crippen LogP contribution >= 0.6 is 0 Å². The molecule has 4 atom stereocenters. The van der Waals surface area contributed by atoms with Crippen LogP contribution in [0.2, 0.25) is 0 Å². The Balaban J connectivity index is 1.12. The molecule has 3 aliphatic heterocycles. The van der Waals surface area contributed by atoms with Crippen molar-refractivity contribution in [2.75, 3.05) is 46.4 Å². The maximum absolute atomic E-state index is 14.0. The number of H-pyrrole nitrogens is 1. The van der Waals surface area contributed by atoms with Crippen molar-refractivity contribution < 1.29 is 38.1 Å². The number of nitrogens with zero attached hydrogens (tertiary/aromatic N) is 5. The number of benzene rings is 1. The van der Waals surface area contributed by atoms with Crippen LogP contribution in [0.5, 0.6) is 0 Å². The van der Waals surface area contributed by atoms with Crippen molar-refractivity contribution in [1.29, 1.82) is 0 Å². The SMILES string of the molecule is CC=C(C=CCc1cnc(C2CCCN2C(=O)C(NC(=O)OC)C(C)C)n1N)c1ccc(-c2cnc(C3CC4(CN3C(=O)C(NC(=O)OC)C(C)C)OCCO4)[nH]2)cc1. The minimum atomic E-state index is -0.940. The zero-order valence-corrected chi connectivity index (χ0v) is 34.9. The van der Waals surface area contributed by atoms with Crippen LogP contribution in [0.25, 0.3) is 16.8 Å². The van der Waals surface area contributed by atoms with Gasteiger partial charge in [-0.15, -0.1) is 0 Å². The van der Waals surface area contributed by atoms with Crippen LogP contribution in [0.3, 0.4) is 0 Å². The number of aromatic amines is 1. The summed E-state index contributed by atoms with van der Waals surface area (Å²) in [6.45, 7) is 11.1. The highest BCUT2D eigenvalue weighted by molar-refractivity contribution is 5.87. The van der Waals surface area contributed by atoms with Crippen LogP contribution in [-0.4, -0.2) is 112 Å². The third kappa shape index (κ3) is 9.31. The largest absolute Gasteiger partial charge is 0.453 e. The summed E-state index contributed by atoms with van der Waals surface area (Å²) < 4.78 is 23.1. The molecule has 318 valence electrons. The topological polar surface area (TPSA) is 208 Å². The van der Waals surface area contributed by atoms with E-state index in [4.69, 9.17) is 29.8 Å². The van der Waals surface area contributed by atoms with Gasteiger partial charge < -0.3 is 50.2 Å². The van der Waals surface area contributed by atoms with E-state index in [-0.39, 0.29) is 36.2 Å². The molecule has 1 spiro atoms. The Bertz CT molecular complexity index is 2030. The lowest BCUT2D eigenvalue weighted by atomic mass is 10.0. The molecule has 17 heteroatoms. The van der Waals surface area contributed by atoms with Crippen LogP contribution in [0.4, 0.5) is 9.59 Å². The lowest BCUT2D eigenvalue weighted by Gasteiger charge is -2.30. The second-order valence-electron chi connectivity index (χ2n) is 15.8. The summed E-state index contributed by atoms with van der Waals surface area (Å²) in [6, 6.07) is 5.80. The third-order valence-electron chi connectivity index (χ3n) is 11.3. The molecule has 3 aliphatic rings. The van der Waals surface area contributed by atoms with Crippen molar-refractivity contribution in [2.45, 2.75) is 90.3 Å². The van der Waals surface area contributed by atoms with E-state index >= 15 is 0 Å². The molecule has 5 heterocycles. The molecule has 3 fully saturated rings. The number of nitrogens with one attached hydrogen (secondary N) is 3. The number of alkyl carbamates (subject to hydrolysis) is 2. The van der Waals surface area contributed by atoms with Gasteiger partial charge in [0.15, 0.2) is 5.79 Å². The number of ether oxygens (including phenoxy) is 4. The molecular formula is C42H57N9O8. The zero-order chi connectivity index (χ0) is 42.4. The van der Waals surface area contributed by atoms with Crippen molar-refractivity contribution in [3.05, 3.63) is 77.8 Å². The van der Waals surface area contributed by atoms with Crippen LogP contribution in [-0.2, 0) is 35.0 Å². The number of nitrogen functional groups attached to an aromatic ring is 1. The van der Waals surface area contributed by atoms with Crippen molar-refractivity contribution in [1.82, 2.24) is 40.1 Å². The molecule has 4 unspecified atom stereocenters. The van der Waals surface area contributed by atoms with Gasteiger partial charge >= 0.3 is 12.2 Å². The van der Waals surface area contributed by atoms with Gasteiger partial charge in [-0.2, -0.15) is 0 Å². The number of carbonyl (C=O) groups is 4. The summed E-state index contributed by atoms with van der Waals surface area (Å²) in [5, 5.41) is 5.36. The number of nitrogens with two attached hydrogens (primary N) is 1. The average Bonchev–Trinajstić information content (AvgIpc) is 4.09. The number of hydrogen-bond acceptors (Lipinski definition) is 11. The number of carbonyl (C=O) groups excluding carboxylic acids is 4. The van der Waals surface area contributed by atoms with Crippen molar-refractivity contribution in [3.63, 3.8) is 0 Å². The Labute approximate surface area is 344 Å². The van der Waals surface area contributed by atoms with Gasteiger partial charge in [0.25, 0.3) is 0 Å². The minimum absolute atomic E-state index is 0.137. The number of methoxy groups -OCH3 is 2. The number of aromatic nitrogens is 4. The molecule has 0 radical (unpaired) electrons. The van der Waals surface area contributed by atoms with Gasteiger partial charge in [-0.1, -0.05) is 70.2 Å². The number of amides is 4. The summed E-state index contributed by atoms with van der Waals surface area (Å²) in [5.74, 6) is 6.05. The van der Waals surface area contributed by atoms with E-state index in [1.54, 1.807) is 26.9 Å². The Morgan fingerprint density at radius 1 is 0.932 bits per heavy atom. The predicted octanol–water partition coefficient (Wildman–Crippen LogP) is 4.63. The molecule has 6 rings (SSSR count). The average molecular weight is 816 g/mol. The van der Waals surface area contributed by atoms with E-state index < -0.39 is 36.1 Å². The highest BCUT2D eigenvalue weighted by Gasteiger charge is 2.53. The molecule has 3 aromatic rings. The van der Waals surface area contributed by atoms with Crippen molar-refractivity contribution in [2.24, 2.45) is 11.8 Å². The number of hydrogen-bond donors (Lipinski definition) is 4. The molecule has 0 saturated carbocycles. The first-order valence-corrected chi connectivity index (χ1v) is 20.2. The fourth-order valence-electron chi connectivity index (χ4n) is 8.05. The first-order valence-electron chi connectivity index (χ1n) is 20.2. The number of rotatable bonds is 13. The van der Waals surface area contributed by atoms with Crippen molar-refractivity contribution >= 4 is 29.6 Å². The normalized spacial score (nSPS) is 20.2. The van der Waals surface area contributed by atoms with Gasteiger partial charge in [-0.05, 0) is 48.3 Å². The first-order chi connectivity index (χ1) is 28.3. The number of imidazole rings is 2. The van der Waals surface area contributed by atoms with Gasteiger partial charge in [-0.3, -0.25) is 9.59 Å². The molecule has 0 aliphatic carbocycles. The van der Waals surface area contributed by atoms with Gasteiger partial charge in [0.1, 0.15) is 23.7 Å². The van der Waals surface area contributed by atoms with E-state index in [0.29, 0.717) is 44.2 Å². The Morgan fingerprint density at radius 3 is 2.15 bits per heavy atom. The fraction of sp³-hybridized carbons (Fsp3) is 0.524. The quantitative estimate of drug-likeness (QED) is 0.138. The fourth-order valence-corrected chi connectivity index (χ4v) is 8.05. The molecule has 59 heavy (non-hydrogen) atoms. The standard InChI is InChI=1S/C42H57N9O8/c1-8-27(11-9-12-30-22-45-37(51(30)43)32-13-10-18-49(32)38(52)34(25(2)3)47-40(54)56-6)28-14-16-29(17-15-28)31-23-44-36(46-31)33-21-42(58-19-20-59-42)24-50(33)39(53)35(26(4)5)48-41(55)57-7/h8-9,11,14-17,22-23,25-26,32-35H,10,12-13,18-21,24,43H2,1-7H3,(H,44,46)(H,47,54)(H,48,55). The van der Waals surface area contributed by atoms with Crippen molar-refractivity contribution in [3.8, 4) is 11.3 Å². The smallest absolute Gasteiger partial charge is 0.407 e. The summed E-state index contributed by atoms with van der Waals surface area (Å²) in [4.78, 5) is 67.9. The molecule has 17 nitrogen and oxygen atoms in total. The van der Waals surface area contributed by atoms with Crippen LogP contribution in [0.15, 0.2) is 54.9 Å². The number of allylic oxidation sites excluding steroid dienone is 4. The second-order valence-corrected chi connectivity index (χ2v) is 15.8. The Hall–Kier alpha value is -5.68. The summed E-state index contributed by atoms with van der Waals surface area (Å²) in [7, 11) is 2.54. The molecule has 4 amide bonds. The highest BCUT2D eigenvalue weighted by atomic mass is 16.7. The molecule has 3 saturated heterocycles. The lowest BCUT2D eigenvalue weighted by molar-refractivity contribution is -0.153. The molecule has 0 bridgehead atoms. The number of likely N-dealkylation sites (tertiary alicyclic amines) is 2. The third-order valence-corrected chi connectivity index (χ3v) is 11.3. The first kappa shape index (κ1) is 42.9. The van der Waals surface area contributed by atoms with Gasteiger partial charge in [0.2, 0.25) is 11.8 Å². The van der Waals surface area contributed by atoms with Crippen LogP contribution < -0.4 is 16.5 Å².